The highest BCUT2D eigenvalue weighted by atomic mass is 19.1. The summed E-state index contributed by atoms with van der Waals surface area (Å²) in [6.07, 6.45) is 4.81. The third-order valence-corrected chi connectivity index (χ3v) is 7.83. The summed E-state index contributed by atoms with van der Waals surface area (Å²) < 4.78 is 27.2. The van der Waals surface area contributed by atoms with Crippen LogP contribution in [0.2, 0.25) is 0 Å². The van der Waals surface area contributed by atoms with Gasteiger partial charge in [0.2, 0.25) is 0 Å². The molecule has 0 saturated carbocycles. The maximum atomic E-state index is 14.0. The van der Waals surface area contributed by atoms with Crippen molar-refractivity contribution in [3.63, 3.8) is 0 Å². The zero-order valence-corrected chi connectivity index (χ0v) is 22.3. The Labute approximate surface area is 230 Å². The summed E-state index contributed by atoms with van der Waals surface area (Å²) in [5.74, 6) is -2.41. The van der Waals surface area contributed by atoms with Crippen LogP contribution in [0.5, 0.6) is 0 Å². The first kappa shape index (κ1) is 25.8. The minimum absolute atomic E-state index is 0.0371. The predicted molar refractivity (Wildman–Crippen MR) is 152 cm³/mol. The fourth-order valence-electron chi connectivity index (χ4n) is 5.90. The number of halogens is 2. The Morgan fingerprint density at radius 2 is 1.60 bits per heavy atom. The molecule has 200 valence electrons. The summed E-state index contributed by atoms with van der Waals surface area (Å²) in [6.45, 7) is 0. The number of fused-ring (bicyclic) bond motifs is 4. The van der Waals surface area contributed by atoms with Crippen molar-refractivity contribution in [1.82, 2.24) is 4.90 Å². The number of ketones is 1. The normalized spacial score (nSPS) is 15.5. The molecular formula is C34H28F2N2O2. The van der Waals surface area contributed by atoms with Crippen LogP contribution in [0, 0.1) is 22.1 Å². The molecule has 1 unspecified atom stereocenters. The summed E-state index contributed by atoms with van der Waals surface area (Å²) in [5.41, 5.74) is 3.99. The van der Waals surface area contributed by atoms with Crippen molar-refractivity contribution in [3.8, 4) is 0 Å². The Morgan fingerprint density at radius 1 is 0.850 bits per heavy atom. The largest absolute Gasteiger partial charge is 0.322 e. The van der Waals surface area contributed by atoms with Gasteiger partial charge in [-0.2, -0.15) is 0 Å². The van der Waals surface area contributed by atoms with Crippen molar-refractivity contribution in [2.24, 2.45) is 0 Å². The van der Waals surface area contributed by atoms with Crippen molar-refractivity contribution < 1.29 is 18.4 Å². The molecule has 1 N–H and O–H groups in total. The lowest BCUT2D eigenvalue weighted by molar-refractivity contribution is 0.102. The van der Waals surface area contributed by atoms with Crippen LogP contribution >= 0.6 is 0 Å². The number of anilines is 1. The van der Waals surface area contributed by atoms with Crippen LogP contribution in [0.25, 0.3) is 11.6 Å². The van der Waals surface area contributed by atoms with Crippen molar-refractivity contribution in [3.05, 3.63) is 134 Å². The number of rotatable bonds is 5. The second-order valence-electron chi connectivity index (χ2n) is 10.5. The summed E-state index contributed by atoms with van der Waals surface area (Å²) in [5, 5.41) is 7.29. The standard InChI is InChI=1S/C34H28F2N2O2/c1-38(2)31-18-21-6-3-4-7-24(21)27-17-16-25-26(32(27)31)8-5-9-28(25)33(39)20-10-13-23(14-11-20)37-34(40)29-15-12-22(35)19-30(29)36/h3-4,6-7,10-19,31H,5,8-9H2,1-2H3,(H,37,40). The number of nitrogens with one attached hydrogen (secondary N) is 1. The van der Waals surface area contributed by atoms with E-state index in [9.17, 15) is 18.4 Å². The lowest BCUT2D eigenvalue weighted by Crippen LogP contribution is -2.31. The third-order valence-electron chi connectivity index (χ3n) is 7.83. The minimum Gasteiger partial charge on any atom is -0.322 e. The first-order valence-electron chi connectivity index (χ1n) is 13.4. The van der Waals surface area contributed by atoms with Gasteiger partial charge in [-0.05, 0) is 102 Å². The van der Waals surface area contributed by atoms with E-state index in [0.717, 1.165) is 35.8 Å². The molecule has 0 fully saturated rings. The molecule has 6 rings (SSSR count). The molecule has 0 aliphatic heterocycles. The van der Waals surface area contributed by atoms with Gasteiger partial charge >= 0.3 is 0 Å². The number of amides is 1. The highest BCUT2D eigenvalue weighted by Crippen LogP contribution is 2.30. The Kier molecular flexibility index (Phi) is 6.64. The van der Waals surface area contributed by atoms with Crippen LogP contribution in [0.1, 0.15) is 50.7 Å². The van der Waals surface area contributed by atoms with Gasteiger partial charge < -0.3 is 5.32 Å². The first-order valence-corrected chi connectivity index (χ1v) is 13.4. The zero-order chi connectivity index (χ0) is 28.0. The van der Waals surface area contributed by atoms with Gasteiger partial charge in [-0.15, -0.1) is 0 Å². The SMILES string of the molecule is CN(C)C1C=c2ccccc2=c2ccc3c(c21)CCCC=3C(=O)c1ccc(NC(=O)c2ccc(F)cc2F)cc1. The van der Waals surface area contributed by atoms with Gasteiger partial charge in [0, 0.05) is 22.9 Å². The van der Waals surface area contributed by atoms with Crippen molar-refractivity contribution >= 4 is 29.0 Å². The van der Waals surface area contributed by atoms with Crippen LogP contribution in [0.4, 0.5) is 14.5 Å². The van der Waals surface area contributed by atoms with E-state index >= 15 is 0 Å². The van der Waals surface area contributed by atoms with Crippen LogP contribution in [0.3, 0.4) is 0 Å². The Bertz CT molecular complexity index is 1900. The lowest BCUT2D eigenvalue weighted by atomic mass is 9.82. The third kappa shape index (κ3) is 4.54. The van der Waals surface area contributed by atoms with E-state index in [4.69, 9.17) is 0 Å². The maximum Gasteiger partial charge on any atom is 0.258 e. The monoisotopic (exact) mass is 534 g/mol. The summed E-state index contributed by atoms with van der Waals surface area (Å²) in [7, 11) is 4.17. The number of carbonyl (C=O) groups is 2. The average molecular weight is 535 g/mol. The van der Waals surface area contributed by atoms with E-state index in [0.29, 0.717) is 23.7 Å². The quantitative estimate of drug-likeness (QED) is 0.355. The van der Waals surface area contributed by atoms with Crippen LogP contribution in [0.15, 0.2) is 78.9 Å². The predicted octanol–water partition coefficient (Wildman–Crippen LogP) is 5.27. The number of Topliss-reactive ketones (excluding diaryl/α,β-unsaturated/α-hetero) is 1. The second-order valence-corrected chi connectivity index (χ2v) is 10.5. The Hall–Kier alpha value is -4.42. The van der Waals surface area contributed by atoms with Crippen LogP contribution in [-0.4, -0.2) is 30.7 Å². The van der Waals surface area contributed by atoms with Gasteiger partial charge in [-0.3, -0.25) is 14.5 Å². The molecule has 0 heterocycles. The minimum atomic E-state index is -0.934. The Morgan fingerprint density at radius 3 is 2.35 bits per heavy atom. The highest BCUT2D eigenvalue weighted by Gasteiger charge is 2.25. The number of nitrogens with zero attached hydrogens (tertiary/aromatic N) is 1. The molecule has 40 heavy (non-hydrogen) atoms. The molecule has 4 aromatic carbocycles. The molecule has 0 radical (unpaired) electrons. The molecule has 2 aliphatic carbocycles. The zero-order valence-electron chi connectivity index (χ0n) is 22.3. The van der Waals surface area contributed by atoms with Crippen molar-refractivity contribution in [2.75, 3.05) is 19.4 Å². The average Bonchev–Trinajstić information content (AvgIpc) is 2.96. The van der Waals surface area contributed by atoms with Crippen LogP contribution in [-0.2, 0) is 6.42 Å². The molecule has 6 heteroatoms. The van der Waals surface area contributed by atoms with E-state index in [1.807, 2.05) is 0 Å². The van der Waals surface area contributed by atoms with Gasteiger partial charge in [0.15, 0.2) is 5.78 Å². The van der Waals surface area contributed by atoms with E-state index in [2.05, 4.69) is 66.8 Å². The number of benzene rings is 4. The van der Waals surface area contributed by atoms with E-state index in [-0.39, 0.29) is 17.4 Å². The van der Waals surface area contributed by atoms with Crippen molar-refractivity contribution in [1.29, 1.82) is 0 Å². The molecule has 4 aromatic rings. The fourth-order valence-corrected chi connectivity index (χ4v) is 5.90. The van der Waals surface area contributed by atoms with E-state index in [1.54, 1.807) is 24.3 Å². The van der Waals surface area contributed by atoms with Gasteiger partial charge in [0.05, 0.1) is 11.6 Å². The van der Waals surface area contributed by atoms with Gasteiger partial charge in [-0.1, -0.05) is 42.5 Å². The summed E-state index contributed by atoms with van der Waals surface area (Å²) in [4.78, 5) is 28.4. The molecule has 0 spiro atoms. The van der Waals surface area contributed by atoms with Crippen molar-refractivity contribution in [2.45, 2.75) is 25.3 Å². The smallest absolute Gasteiger partial charge is 0.258 e. The molecule has 0 aromatic heterocycles. The van der Waals surface area contributed by atoms with E-state index in [1.165, 1.54) is 26.8 Å². The van der Waals surface area contributed by atoms with E-state index < -0.39 is 17.5 Å². The second kappa shape index (κ2) is 10.3. The van der Waals surface area contributed by atoms with Gasteiger partial charge in [-0.25, -0.2) is 8.78 Å². The number of carbonyl (C=O) groups excluding carboxylic acids is 2. The Balaban J connectivity index is 1.37. The van der Waals surface area contributed by atoms with Crippen LogP contribution < -0.4 is 15.8 Å². The number of hydrogen-bond acceptors (Lipinski definition) is 3. The highest BCUT2D eigenvalue weighted by molar-refractivity contribution is 6.24. The number of hydrogen-bond donors (Lipinski definition) is 1. The van der Waals surface area contributed by atoms with Gasteiger partial charge in [0.25, 0.3) is 5.91 Å². The molecule has 2 aliphatic rings. The molecule has 1 atom stereocenters. The maximum absolute atomic E-state index is 14.0. The fraction of sp³-hybridized carbons (Fsp3) is 0.176. The summed E-state index contributed by atoms with van der Waals surface area (Å²) >= 11 is 0. The molecule has 1 amide bonds. The molecule has 0 bridgehead atoms. The first-order chi connectivity index (χ1) is 19.3. The molecular weight excluding hydrogens is 506 g/mol. The molecule has 0 saturated heterocycles. The topological polar surface area (TPSA) is 49.4 Å². The molecule has 4 nitrogen and oxygen atoms in total. The summed E-state index contributed by atoms with van der Waals surface area (Å²) in [6, 6.07) is 22.2. The lowest BCUT2D eigenvalue weighted by Gasteiger charge is -2.29. The van der Waals surface area contributed by atoms with Gasteiger partial charge in [0.1, 0.15) is 11.6 Å².